The zero-order valence-electron chi connectivity index (χ0n) is 19.1. The van der Waals surface area contributed by atoms with Crippen LogP contribution in [-0.2, 0) is 11.8 Å². The van der Waals surface area contributed by atoms with Gasteiger partial charge in [0, 0.05) is 58.2 Å². The molecule has 6 nitrogen and oxygen atoms in total. The largest absolute Gasteiger partial charge is 0.339 e. The molecule has 2 unspecified atom stereocenters. The van der Waals surface area contributed by atoms with Crippen LogP contribution in [0.2, 0.25) is 0 Å². The Labute approximate surface area is 198 Å². The first-order chi connectivity index (χ1) is 15.2. The first kappa shape index (κ1) is 23.3. The Morgan fingerprint density at radius 3 is 2.28 bits per heavy atom. The van der Waals surface area contributed by atoms with Crippen molar-refractivity contribution in [1.29, 1.82) is 0 Å². The van der Waals surface area contributed by atoms with E-state index >= 15 is 0 Å². The molecule has 5 rings (SSSR count). The van der Waals surface area contributed by atoms with Crippen molar-refractivity contribution in [3.05, 3.63) is 54.1 Å². The van der Waals surface area contributed by atoms with Gasteiger partial charge in [0.1, 0.15) is 5.82 Å². The molecule has 1 saturated carbocycles. The predicted molar refractivity (Wildman–Crippen MR) is 129 cm³/mol. The number of nitrogens with zero attached hydrogens (tertiary/aromatic N) is 5. The van der Waals surface area contributed by atoms with Crippen molar-refractivity contribution < 1.29 is 4.79 Å². The topological polar surface area (TPSA) is 44.6 Å². The molecule has 2 saturated heterocycles. The van der Waals surface area contributed by atoms with E-state index in [9.17, 15) is 4.79 Å². The monoisotopic (exact) mass is 457 g/mol. The fraction of sp³-hybridized carbons (Fsp3) is 0.600. The Morgan fingerprint density at radius 1 is 0.969 bits per heavy atom. The number of imidazole rings is 1. The second kappa shape index (κ2) is 10.4. The average molecular weight is 458 g/mol. The van der Waals surface area contributed by atoms with E-state index in [1.54, 1.807) is 0 Å². The molecule has 1 aromatic carbocycles. The van der Waals surface area contributed by atoms with E-state index in [2.05, 4.69) is 61.6 Å². The fourth-order valence-electron chi connectivity index (χ4n) is 5.73. The molecule has 1 aliphatic carbocycles. The number of aryl methyl sites for hydroxylation is 1. The first-order valence-corrected chi connectivity index (χ1v) is 12.0. The molecule has 3 aliphatic rings. The molecule has 3 fully saturated rings. The number of hydrogen-bond acceptors (Lipinski definition) is 4. The molecule has 2 aliphatic heterocycles. The maximum Gasteiger partial charge on any atom is 0.240 e. The van der Waals surface area contributed by atoms with Gasteiger partial charge in [-0.15, -0.1) is 12.4 Å². The van der Waals surface area contributed by atoms with Crippen LogP contribution >= 0.6 is 12.4 Å². The third-order valence-electron chi connectivity index (χ3n) is 7.60. The maximum atomic E-state index is 13.3. The van der Waals surface area contributed by atoms with Gasteiger partial charge in [-0.2, -0.15) is 0 Å². The molecule has 1 amide bonds. The number of halogens is 1. The minimum Gasteiger partial charge on any atom is -0.339 e. The molecule has 0 N–H and O–H groups in total. The zero-order valence-corrected chi connectivity index (χ0v) is 19.9. The smallest absolute Gasteiger partial charge is 0.240 e. The van der Waals surface area contributed by atoms with Crippen molar-refractivity contribution in [2.45, 2.75) is 56.7 Å². The highest BCUT2D eigenvalue weighted by atomic mass is 35.5. The second-order valence-electron chi connectivity index (χ2n) is 9.40. The van der Waals surface area contributed by atoms with E-state index < -0.39 is 0 Å². The van der Waals surface area contributed by atoms with Crippen molar-refractivity contribution in [2.75, 3.05) is 32.7 Å². The van der Waals surface area contributed by atoms with Crippen molar-refractivity contribution in [3.63, 3.8) is 0 Å². The zero-order chi connectivity index (χ0) is 21.2. The summed E-state index contributed by atoms with van der Waals surface area (Å²) in [5, 5.41) is 0. The van der Waals surface area contributed by atoms with Gasteiger partial charge in [0.05, 0.1) is 12.1 Å². The predicted octanol–water partition coefficient (Wildman–Crippen LogP) is 3.48. The number of hydrogen-bond donors (Lipinski definition) is 0. The quantitative estimate of drug-likeness (QED) is 0.689. The van der Waals surface area contributed by atoms with Crippen LogP contribution < -0.4 is 0 Å². The van der Waals surface area contributed by atoms with Crippen molar-refractivity contribution in [1.82, 2.24) is 24.3 Å². The molecule has 32 heavy (non-hydrogen) atoms. The van der Waals surface area contributed by atoms with Gasteiger partial charge in [-0.3, -0.25) is 14.6 Å². The summed E-state index contributed by atoms with van der Waals surface area (Å²) in [5.74, 6) is 1.43. The standard InChI is InChI=1S/C25H35N5O.ClH/c1-27-15-13-26-24(27)23(20-8-4-2-5-9-20)28-16-18-29(19-17-28)25(31)22-12-14-30(22)21-10-6-3-7-11-21;/h2,4-5,8-9,13,15,21-23H,3,6-7,10-12,14,16-19H2,1H3;1H. The highest BCUT2D eigenvalue weighted by molar-refractivity contribution is 5.85. The molecule has 2 atom stereocenters. The number of carbonyl (C=O) groups excluding carboxylic acids is 1. The summed E-state index contributed by atoms with van der Waals surface area (Å²) in [6, 6.07) is 11.5. The normalized spacial score (nSPS) is 23.9. The van der Waals surface area contributed by atoms with Crippen LogP contribution in [0.4, 0.5) is 0 Å². The lowest BCUT2D eigenvalue weighted by Gasteiger charge is -2.49. The fourth-order valence-corrected chi connectivity index (χ4v) is 5.73. The Kier molecular flexibility index (Phi) is 7.54. The number of piperazine rings is 1. The lowest BCUT2D eigenvalue weighted by atomic mass is 9.88. The molecule has 3 heterocycles. The van der Waals surface area contributed by atoms with E-state index in [0.717, 1.165) is 45.0 Å². The Hall–Kier alpha value is -1.89. The molecule has 0 spiro atoms. The maximum absolute atomic E-state index is 13.3. The van der Waals surface area contributed by atoms with Gasteiger partial charge in [0.2, 0.25) is 5.91 Å². The minimum atomic E-state index is 0. The molecule has 0 bridgehead atoms. The Bertz CT molecular complexity index is 873. The summed E-state index contributed by atoms with van der Waals surface area (Å²) in [6.45, 7) is 4.49. The number of carbonyl (C=O) groups is 1. The van der Waals surface area contributed by atoms with Gasteiger partial charge in [-0.05, 0) is 24.8 Å². The summed E-state index contributed by atoms with van der Waals surface area (Å²) < 4.78 is 2.12. The summed E-state index contributed by atoms with van der Waals surface area (Å²) in [5.41, 5.74) is 1.26. The van der Waals surface area contributed by atoms with Crippen LogP contribution in [0.1, 0.15) is 56.0 Å². The Balaban J connectivity index is 0.00000245. The highest BCUT2D eigenvalue weighted by Crippen LogP contribution is 2.32. The number of likely N-dealkylation sites (tertiary alicyclic amines) is 1. The van der Waals surface area contributed by atoms with Gasteiger partial charge < -0.3 is 9.47 Å². The number of rotatable bonds is 5. The van der Waals surface area contributed by atoms with Gasteiger partial charge in [0.15, 0.2) is 0 Å². The highest BCUT2D eigenvalue weighted by Gasteiger charge is 2.41. The van der Waals surface area contributed by atoms with Crippen LogP contribution in [0.15, 0.2) is 42.7 Å². The van der Waals surface area contributed by atoms with Crippen molar-refractivity contribution in [3.8, 4) is 0 Å². The van der Waals surface area contributed by atoms with E-state index in [1.165, 1.54) is 37.7 Å². The Morgan fingerprint density at radius 2 is 1.69 bits per heavy atom. The van der Waals surface area contributed by atoms with Gasteiger partial charge in [-0.1, -0.05) is 49.6 Å². The number of amides is 1. The number of benzene rings is 1. The molecule has 2 aromatic rings. The molecule has 174 valence electrons. The third kappa shape index (κ3) is 4.59. The van der Waals surface area contributed by atoms with E-state index in [4.69, 9.17) is 0 Å². The van der Waals surface area contributed by atoms with Gasteiger partial charge in [0.25, 0.3) is 0 Å². The molecular weight excluding hydrogens is 422 g/mol. The second-order valence-corrected chi connectivity index (χ2v) is 9.40. The van der Waals surface area contributed by atoms with E-state index in [-0.39, 0.29) is 24.5 Å². The molecule has 1 aromatic heterocycles. The van der Waals surface area contributed by atoms with E-state index in [0.29, 0.717) is 11.9 Å². The summed E-state index contributed by atoms with van der Waals surface area (Å²) in [4.78, 5) is 25.1. The van der Waals surface area contributed by atoms with Crippen LogP contribution in [0.3, 0.4) is 0 Å². The van der Waals surface area contributed by atoms with Crippen LogP contribution in [0.25, 0.3) is 0 Å². The van der Waals surface area contributed by atoms with Crippen LogP contribution in [0.5, 0.6) is 0 Å². The summed E-state index contributed by atoms with van der Waals surface area (Å²) >= 11 is 0. The minimum absolute atomic E-state index is 0. The summed E-state index contributed by atoms with van der Waals surface area (Å²) in [7, 11) is 2.06. The third-order valence-corrected chi connectivity index (χ3v) is 7.60. The van der Waals surface area contributed by atoms with Crippen molar-refractivity contribution in [2.24, 2.45) is 7.05 Å². The average Bonchev–Trinajstić information content (AvgIpc) is 3.20. The molecule has 7 heteroatoms. The van der Waals surface area contributed by atoms with E-state index in [1.807, 2.05) is 12.4 Å². The summed E-state index contributed by atoms with van der Waals surface area (Å²) in [6.07, 6.45) is 11.5. The molecular formula is C25H36ClN5O. The lowest BCUT2D eigenvalue weighted by molar-refractivity contribution is -0.146. The van der Waals surface area contributed by atoms with Crippen LogP contribution in [-0.4, -0.2) is 75.0 Å². The molecule has 0 radical (unpaired) electrons. The lowest BCUT2D eigenvalue weighted by Crippen LogP contribution is -2.62. The number of aromatic nitrogens is 2. The van der Waals surface area contributed by atoms with Gasteiger partial charge in [-0.25, -0.2) is 4.98 Å². The van der Waals surface area contributed by atoms with Crippen molar-refractivity contribution >= 4 is 18.3 Å². The SMILES string of the molecule is Cl.Cn1ccnc1C(c1ccccc1)N1CCN(C(=O)C2CCN2C2CCCCC2)CC1. The van der Waals surface area contributed by atoms with Gasteiger partial charge >= 0.3 is 0 Å². The first-order valence-electron chi connectivity index (χ1n) is 12.0. The van der Waals surface area contributed by atoms with Crippen LogP contribution in [0, 0.1) is 0 Å².